The standard InChI is InChI=1S/C33H40N4O4S/c38-31(26-42-29-16-8-3-9-17-29)34-19-11-10-18-30(35-33(40)41-25-28-14-6-2-7-15-28)32(39)37-22-20-36(21-23-37)24-27-12-4-1-5-13-27/h1-9,12-17,30H,10-11,18-26H2,(H,34,38)(H,35,40). The largest absolute Gasteiger partial charge is 0.445 e. The number of nitrogens with zero attached hydrogens (tertiary/aromatic N) is 2. The van der Waals surface area contributed by atoms with Gasteiger partial charge in [0.1, 0.15) is 12.6 Å². The van der Waals surface area contributed by atoms with Crippen LogP contribution >= 0.6 is 11.8 Å². The Labute approximate surface area is 252 Å². The smallest absolute Gasteiger partial charge is 0.408 e. The van der Waals surface area contributed by atoms with Gasteiger partial charge in [-0.05, 0) is 42.5 Å². The number of benzene rings is 3. The molecule has 3 amide bonds. The minimum absolute atomic E-state index is 0.0209. The molecule has 0 bridgehead atoms. The number of unbranched alkanes of at least 4 members (excludes halogenated alkanes) is 1. The lowest BCUT2D eigenvalue weighted by molar-refractivity contribution is -0.135. The van der Waals surface area contributed by atoms with Crippen molar-refractivity contribution in [3.05, 3.63) is 102 Å². The second kappa shape index (κ2) is 17.2. The zero-order chi connectivity index (χ0) is 29.4. The Hall–Kier alpha value is -3.82. The van der Waals surface area contributed by atoms with E-state index in [1.54, 1.807) is 0 Å². The lowest BCUT2D eigenvalue weighted by Crippen LogP contribution is -2.54. The lowest BCUT2D eigenvalue weighted by Gasteiger charge is -2.36. The molecule has 4 rings (SSSR count). The van der Waals surface area contributed by atoms with Crippen molar-refractivity contribution in [1.82, 2.24) is 20.4 Å². The highest BCUT2D eigenvalue weighted by molar-refractivity contribution is 8.00. The third-order valence-electron chi connectivity index (χ3n) is 7.09. The minimum Gasteiger partial charge on any atom is -0.445 e. The Balaban J connectivity index is 1.23. The van der Waals surface area contributed by atoms with Gasteiger partial charge >= 0.3 is 6.09 Å². The number of hydrogen-bond donors (Lipinski definition) is 2. The molecular weight excluding hydrogens is 548 g/mol. The number of ether oxygens (including phenoxy) is 1. The number of carbonyl (C=O) groups excluding carboxylic acids is 3. The normalized spacial score (nSPS) is 14.1. The van der Waals surface area contributed by atoms with E-state index >= 15 is 0 Å². The molecule has 1 aliphatic rings. The summed E-state index contributed by atoms with van der Waals surface area (Å²) >= 11 is 1.50. The monoisotopic (exact) mass is 588 g/mol. The molecule has 8 nitrogen and oxygen atoms in total. The van der Waals surface area contributed by atoms with E-state index in [0.29, 0.717) is 44.6 Å². The number of amides is 3. The SMILES string of the molecule is O=C(CSc1ccccc1)NCCCCC(NC(=O)OCc1ccccc1)C(=O)N1CCN(Cc2ccccc2)CC1. The van der Waals surface area contributed by atoms with Gasteiger partial charge in [0.15, 0.2) is 0 Å². The van der Waals surface area contributed by atoms with Crippen molar-refractivity contribution >= 4 is 29.7 Å². The Kier molecular flexibility index (Phi) is 12.8. The van der Waals surface area contributed by atoms with Gasteiger partial charge in [0.05, 0.1) is 5.75 Å². The van der Waals surface area contributed by atoms with E-state index in [0.717, 1.165) is 30.1 Å². The fourth-order valence-corrected chi connectivity index (χ4v) is 5.52. The molecule has 1 fully saturated rings. The van der Waals surface area contributed by atoms with Gasteiger partial charge in [0.25, 0.3) is 0 Å². The highest BCUT2D eigenvalue weighted by Gasteiger charge is 2.29. The van der Waals surface area contributed by atoms with Gasteiger partial charge in [-0.15, -0.1) is 11.8 Å². The van der Waals surface area contributed by atoms with Crippen molar-refractivity contribution in [1.29, 1.82) is 0 Å². The predicted octanol–water partition coefficient (Wildman–Crippen LogP) is 4.70. The number of nitrogens with one attached hydrogen (secondary N) is 2. The quantitative estimate of drug-likeness (QED) is 0.210. The van der Waals surface area contributed by atoms with E-state index in [9.17, 15) is 14.4 Å². The highest BCUT2D eigenvalue weighted by atomic mass is 32.2. The second-order valence-corrected chi connectivity index (χ2v) is 11.3. The molecule has 1 unspecified atom stereocenters. The Bertz CT molecular complexity index is 1240. The molecule has 0 saturated carbocycles. The molecule has 222 valence electrons. The molecule has 1 saturated heterocycles. The number of hydrogen-bond acceptors (Lipinski definition) is 6. The average Bonchev–Trinajstić information content (AvgIpc) is 3.03. The first-order valence-electron chi connectivity index (χ1n) is 14.5. The molecule has 9 heteroatoms. The molecule has 3 aromatic carbocycles. The van der Waals surface area contributed by atoms with Crippen LogP contribution in [-0.2, 0) is 27.5 Å². The van der Waals surface area contributed by atoms with Crippen molar-refractivity contribution < 1.29 is 19.1 Å². The maximum absolute atomic E-state index is 13.5. The van der Waals surface area contributed by atoms with E-state index in [1.807, 2.05) is 83.8 Å². The number of carbonyl (C=O) groups is 3. The van der Waals surface area contributed by atoms with Crippen molar-refractivity contribution in [2.75, 3.05) is 38.5 Å². The molecular formula is C33H40N4O4S. The molecule has 0 radical (unpaired) electrons. The first-order chi connectivity index (χ1) is 20.6. The van der Waals surface area contributed by atoms with Crippen LogP contribution in [0.5, 0.6) is 0 Å². The lowest BCUT2D eigenvalue weighted by atomic mass is 10.1. The predicted molar refractivity (Wildman–Crippen MR) is 166 cm³/mol. The molecule has 0 spiro atoms. The molecule has 1 aliphatic heterocycles. The first kappa shape index (κ1) is 31.1. The van der Waals surface area contributed by atoms with Crippen LogP contribution in [0.15, 0.2) is 95.9 Å². The van der Waals surface area contributed by atoms with E-state index in [1.165, 1.54) is 17.3 Å². The van der Waals surface area contributed by atoms with Crippen molar-refractivity contribution in [3.63, 3.8) is 0 Å². The Morgan fingerprint density at radius 3 is 2.07 bits per heavy atom. The number of piperazine rings is 1. The molecule has 1 heterocycles. The minimum atomic E-state index is -0.682. The van der Waals surface area contributed by atoms with Crippen molar-refractivity contribution in [2.24, 2.45) is 0 Å². The Morgan fingerprint density at radius 2 is 1.40 bits per heavy atom. The molecule has 0 aromatic heterocycles. The topological polar surface area (TPSA) is 91.0 Å². The molecule has 0 aliphatic carbocycles. The van der Waals surface area contributed by atoms with Gasteiger partial charge in [0, 0.05) is 44.2 Å². The van der Waals surface area contributed by atoms with E-state index < -0.39 is 12.1 Å². The van der Waals surface area contributed by atoms with E-state index in [2.05, 4.69) is 27.7 Å². The summed E-state index contributed by atoms with van der Waals surface area (Å²) in [5.41, 5.74) is 2.13. The molecule has 3 aromatic rings. The number of rotatable bonds is 14. The maximum atomic E-state index is 13.5. The molecule has 42 heavy (non-hydrogen) atoms. The van der Waals surface area contributed by atoms with Crippen LogP contribution in [0.25, 0.3) is 0 Å². The first-order valence-corrected chi connectivity index (χ1v) is 15.5. The second-order valence-electron chi connectivity index (χ2n) is 10.3. The fourth-order valence-electron chi connectivity index (χ4n) is 4.77. The summed E-state index contributed by atoms with van der Waals surface area (Å²) in [6, 6.07) is 28.9. The van der Waals surface area contributed by atoms with E-state index in [-0.39, 0.29) is 18.4 Å². The van der Waals surface area contributed by atoms with E-state index in [4.69, 9.17) is 4.74 Å². The van der Waals surface area contributed by atoms with Gasteiger partial charge in [-0.25, -0.2) is 4.79 Å². The van der Waals surface area contributed by atoms with Crippen LogP contribution in [0.1, 0.15) is 30.4 Å². The summed E-state index contributed by atoms with van der Waals surface area (Å²) in [7, 11) is 0. The summed E-state index contributed by atoms with van der Waals surface area (Å²) in [5.74, 6) is 0.248. The highest BCUT2D eigenvalue weighted by Crippen LogP contribution is 2.16. The fraction of sp³-hybridized carbons (Fsp3) is 0.364. The van der Waals surface area contributed by atoms with Crippen LogP contribution in [0.4, 0.5) is 4.79 Å². The van der Waals surface area contributed by atoms with Gasteiger partial charge in [-0.1, -0.05) is 78.9 Å². The average molecular weight is 589 g/mol. The summed E-state index contributed by atoms with van der Waals surface area (Å²) in [6.45, 7) is 4.28. The number of alkyl carbamates (subject to hydrolysis) is 1. The maximum Gasteiger partial charge on any atom is 0.408 e. The summed E-state index contributed by atoms with van der Waals surface area (Å²) in [5, 5.41) is 5.77. The van der Waals surface area contributed by atoms with Gasteiger partial charge in [-0.3, -0.25) is 14.5 Å². The van der Waals surface area contributed by atoms with Crippen molar-refractivity contribution in [3.8, 4) is 0 Å². The third kappa shape index (κ3) is 10.9. The van der Waals surface area contributed by atoms with Crippen LogP contribution < -0.4 is 10.6 Å². The molecule has 2 N–H and O–H groups in total. The van der Waals surface area contributed by atoms with Crippen molar-refractivity contribution in [2.45, 2.75) is 43.4 Å². The number of thioether (sulfide) groups is 1. The molecule has 1 atom stereocenters. The zero-order valence-corrected chi connectivity index (χ0v) is 24.8. The Morgan fingerprint density at radius 1 is 0.786 bits per heavy atom. The van der Waals surface area contributed by atoms with Crippen LogP contribution in [0.2, 0.25) is 0 Å². The van der Waals surface area contributed by atoms with Gasteiger partial charge < -0.3 is 20.3 Å². The van der Waals surface area contributed by atoms with Gasteiger partial charge in [0.2, 0.25) is 11.8 Å². The summed E-state index contributed by atoms with van der Waals surface area (Å²) in [6.07, 6.45) is 1.25. The van der Waals surface area contributed by atoms with Gasteiger partial charge in [-0.2, -0.15) is 0 Å². The zero-order valence-electron chi connectivity index (χ0n) is 24.0. The summed E-state index contributed by atoms with van der Waals surface area (Å²) < 4.78 is 5.41. The third-order valence-corrected chi connectivity index (χ3v) is 8.10. The van der Waals surface area contributed by atoms with Crippen LogP contribution in [-0.4, -0.2) is 72.2 Å². The van der Waals surface area contributed by atoms with Crippen LogP contribution in [0, 0.1) is 0 Å². The summed E-state index contributed by atoms with van der Waals surface area (Å²) in [4.78, 5) is 43.7. The van der Waals surface area contributed by atoms with Crippen LogP contribution in [0.3, 0.4) is 0 Å².